The Morgan fingerprint density at radius 3 is 2.60 bits per heavy atom. The van der Waals surface area contributed by atoms with Gasteiger partial charge in [0, 0.05) is 20.1 Å². The number of rotatable bonds is 4. The van der Waals surface area contributed by atoms with Gasteiger partial charge < -0.3 is 10.6 Å². The maximum absolute atomic E-state index is 5.90. The number of nitrogens with two attached hydrogens (primary N) is 1. The lowest BCUT2D eigenvalue weighted by atomic mass is 9.89. The summed E-state index contributed by atoms with van der Waals surface area (Å²) in [6, 6.07) is 0. The molecule has 0 saturated heterocycles. The highest BCUT2D eigenvalue weighted by Gasteiger charge is 2.15. The van der Waals surface area contributed by atoms with Crippen LogP contribution in [0.25, 0.3) is 0 Å². The van der Waals surface area contributed by atoms with Gasteiger partial charge in [0.2, 0.25) is 0 Å². The van der Waals surface area contributed by atoms with Crippen LogP contribution in [0.15, 0.2) is 4.99 Å². The summed E-state index contributed by atoms with van der Waals surface area (Å²) in [4.78, 5) is 6.45. The molecule has 0 aromatic heterocycles. The smallest absolute Gasteiger partial charge is 0.190 e. The fourth-order valence-electron chi connectivity index (χ4n) is 2.20. The zero-order valence-corrected chi connectivity index (χ0v) is 10.2. The van der Waals surface area contributed by atoms with Crippen molar-refractivity contribution in [2.45, 2.75) is 45.4 Å². The molecule has 0 radical (unpaired) electrons. The monoisotopic (exact) mass is 211 g/mol. The Balaban J connectivity index is 2.29. The maximum atomic E-state index is 5.90. The van der Waals surface area contributed by atoms with Crippen LogP contribution in [0.5, 0.6) is 0 Å². The molecule has 0 atom stereocenters. The van der Waals surface area contributed by atoms with Crippen molar-refractivity contribution in [1.29, 1.82) is 0 Å². The number of aliphatic imine (C=N–C) groups is 1. The largest absolute Gasteiger partial charge is 0.370 e. The van der Waals surface area contributed by atoms with Crippen molar-refractivity contribution in [1.82, 2.24) is 4.90 Å². The Morgan fingerprint density at radius 2 is 2.00 bits per heavy atom. The first-order chi connectivity index (χ1) is 7.24. The van der Waals surface area contributed by atoms with E-state index in [4.69, 9.17) is 5.73 Å². The first-order valence-corrected chi connectivity index (χ1v) is 6.25. The average Bonchev–Trinajstić information content (AvgIpc) is 2.27. The van der Waals surface area contributed by atoms with E-state index in [-0.39, 0.29) is 0 Å². The summed E-state index contributed by atoms with van der Waals surface area (Å²) in [5.41, 5.74) is 5.90. The quantitative estimate of drug-likeness (QED) is 0.572. The number of guanidine groups is 1. The van der Waals surface area contributed by atoms with E-state index < -0.39 is 0 Å². The van der Waals surface area contributed by atoms with E-state index in [0.717, 1.165) is 25.4 Å². The summed E-state index contributed by atoms with van der Waals surface area (Å²) >= 11 is 0. The highest BCUT2D eigenvalue weighted by atomic mass is 15.2. The minimum absolute atomic E-state index is 0.711. The highest BCUT2D eigenvalue weighted by Crippen LogP contribution is 2.23. The van der Waals surface area contributed by atoms with Crippen molar-refractivity contribution in [3.63, 3.8) is 0 Å². The normalized spacial score (nSPS) is 19.2. The van der Waals surface area contributed by atoms with Gasteiger partial charge in [0.25, 0.3) is 0 Å². The van der Waals surface area contributed by atoms with Gasteiger partial charge in [-0.1, -0.05) is 26.2 Å². The first kappa shape index (κ1) is 12.3. The molecule has 15 heavy (non-hydrogen) atoms. The lowest BCUT2D eigenvalue weighted by Gasteiger charge is -2.27. The van der Waals surface area contributed by atoms with Crippen molar-refractivity contribution in [2.75, 3.05) is 20.1 Å². The Labute approximate surface area is 93.7 Å². The Hall–Kier alpha value is -0.730. The molecule has 2 N–H and O–H groups in total. The van der Waals surface area contributed by atoms with E-state index in [1.807, 2.05) is 0 Å². The second-order valence-corrected chi connectivity index (χ2v) is 4.62. The first-order valence-electron chi connectivity index (χ1n) is 6.25. The molecule has 0 bridgehead atoms. The van der Waals surface area contributed by atoms with Crippen molar-refractivity contribution < 1.29 is 0 Å². The van der Waals surface area contributed by atoms with Crippen LogP contribution in [0.2, 0.25) is 0 Å². The van der Waals surface area contributed by atoms with Crippen molar-refractivity contribution in [3.8, 4) is 0 Å². The van der Waals surface area contributed by atoms with Crippen molar-refractivity contribution in [3.05, 3.63) is 0 Å². The van der Waals surface area contributed by atoms with Gasteiger partial charge in [-0.2, -0.15) is 0 Å². The van der Waals surface area contributed by atoms with E-state index in [9.17, 15) is 0 Å². The molecular weight excluding hydrogens is 186 g/mol. The predicted molar refractivity (Wildman–Crippen MR) is 66.0 cm³/mol. The molecule has 0 aromatic rings. The highest BCUT2D eigenvalue weighted by molar-refractivity contribution is 5.77. The summed E-state index contributed by atoms with van der Waals surface area (Å²) in [6.07, 6.45) is 8.00. The molecule has 1 fully saturated rings. The number of hydrogen-bond acceptors (Lipinski definition) is 1. The van der Waals surface area contributed by atoms with Crippen LogP contribution in [-0.2, 0) is 0 Å². The second-order valence-electron chi connectivity index (χ2n) is 4.62. The van der Waals surface area contributed by atoms with Gasteiger partial charge in [0.15, 0.2) is 5.96 Å². The molecule has 3 heteroatoms. The minimum atomic E-state index is 0.711. The van der Waals surface area contributed by atoms with Gasteiger partial charge >= 0.3 is 0 Å². The van der Waals surface area contributed by atoms with E-state index in [1.54, 1.807) is 0 Å². The van der Waals surface area contributed by atoms with Crippen LogP contribution in [0.1, 0.15) is 45.4 Å². The zero-order valence-electron chi connectivity index (χ0n) is 10.2. The molecule has 1 aliphatic rings. The van der Waals surface area contributed by atoms with Crippen LogP contribution in [0.3, 0.4) is 0 Å². The summed E-state index contributed by atoms with van der Waals surface area (Å²) in [7, 11) is 2.06. The van der Waals surface area contributed by atoms with E-state index >= 15 is 0 Å². The molecule has 0 aromatic carbocycles. The molecule has 0 amide bonds. The topological polar surface area (TPSA) is 41.6 Å². The van der Waals surface area contributed by atoms with Gasteiger partial charge in [-0.05, 0) is 25.2 Å². The van der Waals surface area contributed by atoms with Crippen LogP contribution >= 0.6 is 0 Å². The molecular formula is C12H25N3. The third kappa shape index (κ3) is 4.54. The van der Waals surface area contributed by atoms with Gasteiger partial charge in [-0.25, -0.2) is 0 Å². The van der Waals surface area contributed by atoms with Gasteiger partial charge in [0.1, 0.15) is 0 Å². The molecule has 1 rings (SSSR count). The van der Waals surface area contributed by atoms with E-state index in [0.29, 0.717) is 5.96 Å². The summed E-state index contributed by atoms with van der Waals surface area (Å²) < 4.78 is 0. The van der Waals surface area contributed by atoms with Crippen molar-refractivity contribution in [2.24, 2.45) is 16.6 Å². The lowest BCUT2D eigenvalue weighted by Crippen LogP contribution is -2.38. The molecule has 0 aliphatic heterocycles. The SMILES string of the molecule is CCCN=C(N)N(C)CC1CCCCC1. The molecule has 1 saturated carbocycles. The third-order valence-electron chi connectivity index (χ3n) is 3.15. The van der Waals surface area contributed by atoms with Crippen LogP contribution < -0.4 is 5.73 Å². The van der Waals surface area contributed by atoms with Gasteiger partial charge in [-0.3, -0.25) is 4.99 Å². The van der Waals surface area contributed by atoms with Crippen molar-refractivity contribution >= 4 is 5.96 Å². The molecule has 1 aliphatic carbocycles. The predicted octanol–water partition coefficient (Wildman–Crippen LogP) is 2.22. The van der Waals surface area contributed by atoms with Crippen LogP contribution in [-0.4, -0.2) is 31.0 Å². The zero-order chi connectivity index (χ0) is 11.1. The van der Waals surface area contributed by atoms with Crippen LogP contribution in [0, 0.1) is 5.92 Å². The molecule has 3 nitrogen and oxygen atoms in total. The fraction of sp³-hybridized carbons (Fsp3) is 0.917. The maximum Gasteiger partial charge on any atom is 0.190 e. The van der Waals surface area contributed by atoms with E-state index in [2.05, 4.69) is 23.9 Å². The molecule has 0 unspecified atom stereocenters. The number of hydrogen-bond donors (Lipinski definition) is 1. The van der Waals surface area contributed by atoms with Crippen LogP contribution in [0.4, 0.5) is 0 Å². The molecule has 88 valence electrons. The fourth-order valence-corrected chi connectivity index (χ4v) is 2.20. The van der Waals surface area contributed by atoms with Gasteiger partial charge in [0.05, 0.1) is 0 Å². The molecule has 0 heterocycles. The Kier molecular flexibility index (Phi) is 5.51. The summed E-state index contributed by atoms with van der Waals surface area (Å²) in [5.74, 6) is 1.54. The Morgan fingerprint density at radius 1 is 1.33 bits per heavy atom. The summed E-state index contributed by atoms with van der Waals surface area (Å²) in [6.45, 7) is 4.05. The lowest BCUT2D eigenvalue weighted by molar-refractivity contribution is 0.294. The standard InChI is InChI=1S/C12H25N3/c1-3-9-14-12(13)15(2)10-11-7-5-4-6-8-11/h11H,3-10H2,1-2H3,(H2,13,14). The number of nitrogens with zero attached hydrogens (tertiary/aromatic N) is 2. The molecule has 0 spiro atoms. The average molecular weight is 211 g/mol. The Bertz CT molecular complexity index is 195. The second kappa shape index (κ2) is 6.70. The van der Waals surface area contributed by atoms with Gasteiger partial charge in [-0.15, -0.1) is 0 Å². The van der Waals surface area contributed by atoms with E-state index in [1.165, 1.54) is 32.1 Å². The summed E-state index contributed by atoms with van der Waals surface area (Å²) in [5, 5.41) is 0. The minimum Gasteiger partial charge on any atom is -0.370 e. The third-order valence-corrected chi connectivity index (χ3v) is 3.15.